The number of carbonyl (C=O) groups excluding carboxylic acids is 3. The Hall–Kier alpha value is -4.03. The van der Waals surface area contributed by atoms with E-state index in [1.807, 2.05) is 31.2 Å². The molecule has 0 fully saturated rings. The molecule has 13 heteroatoms. The van der Waals surface area contributed by atoms with Crippen LogP contribution >= 0.6 is 0 Å². The number of amides is 2. The van der Waals surface area contributed by atoms with E-state index in [1.54, 1.807) is 0 Å². The molecule has 1 aliphatic rings. The van der Waals surface area contributed by atoms with Crippen LogP contribution < -0.4 is 5.32 Å². The number of benzene rings is 1. The number of likely N-dealkylation sites (N-methyl/N-ethyl adjacent to an activating group) is 1. The molecule has 1 aromatic carbocycles. The van der Waals surface area contributed by atoms with Gasteiger partial charge in [0.05, 0.1) is 25.3 Å². The minimum atomic E-state index is -1.27. The van der Waals surface area contributed by atoms with Crippen LogP contribution in [0.3, 0.4) is 0 Å². The van der Waals surface area contributed by atoms with Gasteiger partial charge in [-0.05, 0) is 17.5 Å². The van der Waals surface area contributed by atoms with Crippen molar-refractivity contribution < 1.29 is 38.7 Å². The Kier molecular flexibility index (Phi) is 11.3. The van der Waals surface area contributed by atoms with E-state index in [2.05, 4.69) is 25.7 Å². The molecule has 2 atom stereocenters. The van der Waals surface area contributed by atoms with Crippen LogP contribution in [0.1, 0.15) is 50.7 Å². The summed E-state index contributed by atoms with van der Waals surface area (Å²) in [4.78, 5) is 57.3. The third-order valence-corrected chi connectivity index (χ3v) is 5.17. The number of hydrogen-bond acceptors (Lipinski definition) is 10. The molecule has 1 aromatic rings. The molecule has 2 N–H and O–H groups in total. The largest absolute Gasteiger partial charge is 0.480 e. The maximum atomic E-state index is 12.4. The van der Waals surface area contributed by atoms with E-state index in [0.29, 0.717) is 18.6 Å². The average Bonchev–Trinajstić information content (AvgIpc) is 3.30. The second kappa shape index (κ2) is 14.4. The highest BCUT2D eigenvalue weighted by molar-refractivity contribution is 6.01. The number of rotatable bonds is 13. The highest BCUT2D eigenvalue weighted by atomic mass is 16.7. The second-order valence-electron chi connectivity index (χ2n) is 8.07. The van der Waals surface area contributed by atoms with Crippen molar-refractivity contribution in [2.45, 2.75) is 58.2 Å². The first-order valence-electron chi connectivity index (χ1n) is 11.5. The number of carboxylic acids is 1. The van der Waals surface area contributed by atoms with E-state index < -0.39 is 36.1 Å². The van der Waals surface area contributed by atoms with Gasteiger partial charge in [0.2, 0.25) is 5.91 Å². The number of aliphatic carboxylic acids is 1. The van der Waals surface area contributed by atoms with Gasteiger partial charge in [-0.2, -0.15) is 0 Å². The van der Waals surface area contributed by atoms with Gasteiger partial charge in [-0.3, -0.25) is 9.69 Å². The van der Waals surface area contributed by atoms with Gasteiger partial charge in [0.25, 0.3) is 0 Å². The van der Waals surface area contributed by atoms with Crippen LogP contribution in [0.15, 0.2) is 39.8 Å². The van der Waals surface area contributed by atoms with Gasteiger partial charge in [0, 0.05) is 32.2 Å². The monoisotopic (exact) mass is 505 g/mol. The topological polar surface area (TPSA) is 169 Å². The first-order chi connectivity index (χ1) is 17.2. The van der Waals surface area contributed by atoms with Crippen molar-refractivity contribution >= 4 is 29.7 Å². The van der Waals surface area contributed by atoms with Crippen LogP contribution in [0.4, 0.5) is 4.79 Å². The fraction of sp³-hybridized carbons (Fsp3) is 0.522. The van der Waals surface area contributed by atoms with Gasteiger partial charge in [0.1, 0.15) is 12.1 Å². The molecule has 2 rings (SSSR count). The van der Waals surface area contributed by atoms with E-state index in [0.717, 1.165) is 22.4 Å². The van der Waals surface area contributed by atoms with Crippen LogP contribution in [0.5, 0.6) is 0 Å². The van der Waals surface area contributed by atoms with Crippen LogP contribution in [0, 0.1) is 0 Å². The van der Waals surface area contributed by atoms with Gasteiger partial charge < -0.3 is 24.8 Å². The van der Waals surface area contributed by atoms with Crippen molar-refractivity contribution in [2.75, 3.05) is 20.2 Å². The molecule has 0 radical (unpaired) electrons. The molecule has 0 saturated carbocycles. The van der Waals surface area contributed by atoms with Crippen molar-refractivity contribution in [1.82, 2.24) is 10.2 Å². The first kappa shape index (κ1) is 28.2. The lowest BCUT2D eigenvalue weighted by atomic mass is 10.0. The van der Waals surface area contributed by atoms with E-state index in [4.69, 9.17) is 9.57 Å². The fourth-order valence-corrected chi connectivity index (χ4v) is 3.12. The Morgan fingerprint density at radius 1 is 1.28 bits per heavy atom. The smallest absolute Gasteiger partial charge is 0.410 e. The Morgan fingerprint density at radius 3 is 2.64 bits per heavy atom. The summed E-state index contributed by atoms with van der Waals surface area (Å²) >= 11 is 0. The normalized spacial score (nSPS) is 15.5. The summed E-state index contributed by atoms with van der Waals surface area (Å²) in [6, 6.07) is 6.02. The number of hydrogen-bond donors (Lipinski definition) is 2. The van der Waals surface area contributed by atoms with Gasteiger partial charge in [0.15, 0.2) is 0 Å². The lowest BCUT2D eigenvalue weighted by Crippen LogP contribution is -2.49. The molecule has 196 valence electrons. The molecule has 1 unspecified atom stereocenters. The zero-order valence-electron chi connectivity index (χ0n) is 20.5. The van der Waals surface area contributed by atoms with Crippen LogP contribution in [-0.4, -0.2) is 72.0 Å². The molecule has 0 aromatic heterocycles. The van der Waals surface area contributed by atoms with E-state index >= 15 is 0 Å². The predicted molar refractivity (Wildman–Crippen MR) is 126 cm³/mol. The molecular formula is C23H31N5O8. The molecule has 0 aliphatic carbocycles. The number of oxime groups is 1. The summed E-state index contributed by atoms with van der Waals surface area (Å²) < 4.78 is 5.03. The summed E-state index contributed by atoms with van der Waals surface area (Å²) in [7, 11) is 1.31. The van der Waals surface area contributed by atoms with Gasteiger partial charge in [-0.1, -0.05) is 42.8 Å². The van der Waals surface area contributed by atoms with Crippen molar-refractivity contribution in [3.63, 3.8) is 0 Å². The minimum Gasteiger partial charge on any atom is -0.480 e. The molecule has 0 saturated heterocycles. The third-order valence-electron chi connectivity index (χ3n) is 5.17. The van der Waals surface area contributed by atoms with Crippen LogP contribution in [-0.2, 0) is 35.3 Å². The lowest BCUT2D eigenvalue weighted by Gasteiger charge is -2.24. The van der Waals surface area contributed by atoms with Crippen molar-refractivity contribution in [2.24, 2.45) is 15.5 Å². The number of carboxylic acid groups (broad SMARTS) is 1. The van der Waals surface area contributed by atoms with Crippen molar-refractivity contribution in [3.8, 4) is 0 Å². The molecule has 36 heavy (non-hydrogen) atoms. The summed E-state index contributed by atoms with van der Waals surface area (Å²) in [5, 5.41) is 23.1. The summed E-state index contributed by atoms with van der Waals surface area (Å²) in [6.07, 6.45) is 0.607. The third kappa shape index (κ3) is 9.31. The number of nitrogens with zero attached hydrogens (tertiary/aromatic N) is 4. The number of unbranched alkanes of at least 4 members (excludes halogenated alkanes) is 1. The molecule has 0 spiro atoms. The Balaban J connectivity index is 1.79. The highest BCUT2D eigenvalue weighted by Gasteiger charge is 2.29. The standard InChI is InChI=1S/C23H31N5O8/c1-4-5-10-34-23(33)28(3)20(22(31)32)14-24-21(30)12-18-11-19(26-36-18)17-8-6-16(7-9-17)13-25-27-35-15(2)29/h6-9,18,20H,4-5,10-14H2,1-3H3,(H,24,30)(H,31,32)/t18?,20-/m1/s1. The fourth-order valence-electron chi connectivity index (χ4n) is 3.12. The Morgan fingerprint density at radius 2 is 2.00 bits per heavy atom. The van der Waals surface area contributed by atoms with E-state index in [9.17, 15) is 24.3 Å². The summed E-state index contributed by atoms with van der Waals surface area (Å²) in [5.74, 6) is -2.23. The van der Waals surface area contributed by atoms with Crippen molar-refractivity contribution in [3.05, 3.63) is 35.4 Å². The molecule has 1 heterocycles. The van der Waals surface area contributed by atoms with Crippen LogP contribution in [0.2, 0.25) is 0 Å². The predicted octanol–water partition coefficient (Wildman–Crippen LogP) is 2.44. The summed E-state index contributed by atoms with van der Waals surface area (Å²) in [6.45, 7) is 3.33. The molecular weight excluding hydrogens is 474 g/mol. The zero-order chi connectivity index (χ0) is 26.5. The van der Waals surface area contributed by atoms with Gasteiger partial charge >= 0.3 is 18.0 Å². The number of nitrogens with one attached hydrogen (secondary N) is 1. The molecule has 1 aliphatic heterocycles. The maximum Gasteiger partial charge on any atom is 0.410 e. The minimum absolute atomic E-state index is 0.0292. The molecule has 13 nitrogen and oxygen atoms in total. The molecule has 0 bridgehead atoms. The van der Waals surface area contributed by atoms with Gasteiger partial charge in [-0.25, -0.2) is 14.4 Å². The first-order valence-corrected chi connectivity index (χ1v) is 11.5. The zero-order valence-corrected chi connectivity index (χ0v) is 20.5. The SMILES string of the molecule is CCCCOC(=O)N(C)[C@H](CNC(=O)CC1CC(c2ccc(CN=NOC(C)=O)cc2)=NO1)C(=O)O. The number of ether oxygens (including phenoxy) is 1. The lowest BCUT2D eigenvalue weighted by molar-refractivity contribution is -0.143. The van der Waals surface area contributed by atoms with Crippen molar-refractivity contribution in [1.29, 1.82) is 0 Å². The summed E-state index contributed by atoms with van der Waals surface area (Å²) in [5.41, 5.74) is 2.32. The van der Waals surface area contributed by atoms with Crippen LogP contribution in [0.25, 0.3) is 0 Å². The van der Waals surface area contributed by atoms with Gasteiger partial charge in [-0.15, -0.1) is 5.11 Å². The van der Waals surface area contributed by atoms with E-state index in [-0.39, 0.29) is 26.1 Å². The van der Waals surface area contributed by atoms with E-state index in [1.165, 1.54) is 14.0 Å². The maximum absolute atomic E-state index is 12.4. The molecule has 2 amide bonds. The average molecular weight is 506 g/mol. The Bertz CT molecular complexity index is 979. The Labute approximate surface area is 208 Å². The quantitative estimate of drug-likeness (QED) is 0.234. The second-order valence-corrected chi connectivity index (χ2v) is 8.07. The highest BCUT2D eigenvalue weighted by Crippen LogP contribution is 2.19. The number of carbonyl (C=O) groups is 4.